The van der Waals surface area contributed by atoms with Crippen LogP contribution in [0.2, 0.25) is 0 Å². The molecule has 3 aromatic rings. The number of nitrogens with one attached hydrogen (secondary N) is 1. The summed E-state index contributed by atoms with van der Waals surface area (Å²) in [5.41, 5.74) is 9.86. The van der Waals surface area contributed by atoms with E-state index in [0.717, 1.165) is 29.5 Å². The summed E-state index contributed by atoms with van der Waals surface area (Å²) in [6.45, 7) is 2.16. The van der Waals surface area contributed by atoms with Crippen LogP contribution in [0, 0.1) is 12.9 Å². The number of fused-ring (bicyclic) bond motifs is 1. The van der Waals surface area contributed by atoms with E-state index in [9.17, 15) is 9.18 Å². The van der Waals surface area contributed by atoms with Crippen LogP contribution in [-0.4, -0.2) is 25.7 Å². The molecule has 1 amide bonds. The van der Waals surface area contributed by atoms with Crippen LogP contribution < -0.4 is 11.1 Å². The summed E-state index contributed by atoms with van der Waals surface area (Å²) in [5, 5.41) is 7.27. The van der Waals surface area contributed by atoms with Gasteiger partial charge < -0.3 is 11.1 Å². The lowest BCUT2D eigenvalue weighted by Crippen LogP contribution is -2.26. The molecule has 3 N–H and O–H groups in total. The maximum atomic E-state index is 13.1. The molecule has 1 aliphatic carbocycles. The molecule has 1 unspecified atom stereocenters. The monoisotopic (exact) mass is 366 g/mol. The van der Waals surface area contributed by atoms with Crippen molar-refractivity contribution in [2.75, 3.05) is 5.73 Å². The lowest BCUT2D eigenvalue weighted by Gasteiger charge is -2.13. The van der Waals surface area contributed by atoms with Crippen molar-refractivity contribution in [3.8, 4) is 0 Å². The van der Waals surface area contributed by atoms with Crippen molar-refractivity contribution >= 4 is 11.7 Å². The fourth-order valence-corrected chi connectivity index (χ4v) is 3.43. The van der Waals surface area contributed by atoms with Gasteiger partial charge >= 0.3 is 0 Å². The van der Waals surface area contributed by atoms with E-state index >= 15 is 0 Å². The zero-order valence-electron chi connectivity index (χ0n) is 14.8. The van der Waals surface area contributed by atoms with Crippen LogP contribution in [0.15, 0.2) is 36.8 Å². The molecule has 0 radical (unpaired) electrons. The van der Waals surface area contributed by atoms with E-state index in [0.29, 0.717) is 23.6 Å². The van der Waals surface area contributed by atoms with E-state index in [1.54, 1.807) is 30.1 Å². The van der Waals surface area contributed by atoms with Crippen LogP contribution in [-0.2, 0) is 13.0 Å². The molecule has 3 heterocycles. The van der Waals surface area contributed by atoms with Gasteiger partial charge in [0.15, 0.2) is 0 Å². The van der Waals surface area contributed by atoms with Crippen LogP contribution >= 0.6 is 0 Å². The van der Waals surface area contributed by atoms with E-state index in [1.807, 2.05) is 6.07 Å². The van der Waals surface area contributed by atoms with Crippen molar-refractivity contribution < 1.29 is 9.18 Å². The number of aromatic nitrogens is 4. The first-order chi connectivity index (χ1) is 13.0. The first-order valence-corrected chi connectivity index (χ1v) is 8.70. The van der Waals surface area contributed by atoms with Gasteiger partial charge in [-0.15, -0.1) is 0 Å². The lowest BCUT2D eigenvalue weighted by atomic mass is 10.1. The second kappa shape index (κ2) is 6.79. The Balaban J connectivity index is 1.46. The molecule has 27 heavy (non-hydrogen) atoms. The summed E-state index contributed by atoms with van der Waals surface area (Å²) in [6.07, 6.45) is 6.46. The minimum absolute atomic E-state index is 0.0790. The van der Waals surface area contributed by atoms with Gasteiger partial charge in [0.25, 0.3) is 5.91 Å². The molecule has 0 aliphatic heterocycles. The molecule has 0 aromatic carbocycles. The normalized spacial score (nSPS) is 15.6. The summed E-state index contributed by atoms with van der Waals surface area (Å²) in [4.78, 5) is 20.5. The van der Waals surface area contributed by atoms with Gasteiger partial charge in [0, 0.05) is 18.1 Å². The Morgan fingerprint density at radius 2 is 2.26 bits per heavy atom. The zero-order chi connectivity index (χ0) is 19.0. The molecule has 8 heteroatoms. The van der Waals surface area contributed by atoms with E-state index in [-0.39, 0.29) is 11.9 Å². The molecular weight excluding hydrogens is 347 g/mol. The summed E-state index contributed by atoms with van der Waals surface area (Å²) in [7, 11) is 0. The summed E-state index contributed by atoms with van der Waals surface area (Å²) in [5.74, 6) is -0.173. The molecule has 0 fully saturated rings. The fourth-order valence-electron chi connectivity index (χ4n) is 3.43. The predicted octanol–water partition coefficient (Wildman–Crippen LogP) is 2.17. The Morgan fingerprint density at radius 1 is 1.41 bits per heavy atom. The molecule has 3 aromatic heterocycles. The Hall–Kier alpha value is -3.29. The van der Waals surface area contributed by atoms with Crippen LogP contribution in [0.5, 0.6) is 0 Å². The molecule has 138 valence electrons. The van der Waals surface area contributed by atoms with Crippen molar-refractivity contribution in [3.05, 3.63) is 70.7 Å². The predicted molar refractivity (Wildman–Crippen MR) is 97.4 cm³/mol. The Morgan fingerprint density at radius 3 is 3.07 bits per heavy atom. The topological polar surface area (TPSA) is 98.7 Å². The number of nitrogens with two attached hydrogens (primary N) is 1. The Bertz CT molecular complexity index is 1020. The number of rotatable bonds is 4. The number of carbonyl (C=O) groups is 1. The van der Waals surface area contributed by atoms with Gasteiger partial charge in [0.2, 0.25) is 5.95 Å². The first kappa shape index (κ1) is 17.1. The van der Waals surface area contributed by atoms with Gasteiger partial charge in [-0.2, -0.15) is 9.49 Å². The van der Waals surface area contributed by atoms with Gasteiger partial charge in [-0.05, 0) is 48.6 Å². The number of nitrogens with zero attached hydrogens (tertiary/aromatic N) is 4. The molecule has 4 rings (SSSR count). The Kier molecular flexibility index (Phi) is 4.31. The van der Waals surface area contributed by atoms with Crippen molar-refractivity contribution in [1.29, 1.82) is 0 Å². The highest BCUT2D eigenvalue weighted by atomic mass is 19.1. The third-order valence-electron chi connectivity index (χ3n) is 4.88. The van der Waals surface area contributed by atoms with Gasteiger partial charge in [0.1, 0.15) is 5.82 Å². The van der Waals surface area contributed by atoms with Crippen LogP contribution in [0.3, 0.4) is 0 Å². The number of hydrogen-bond donors (Lipinski definition) is 2. The average Bonchev–Trinajstić information content (AvgIpc) is 3.26. The number of pyridine rings is 2. The summed E-state index contributed by atoms with van der Waals surface area (Å²) in [6, 6.07) is 4.81. The van der Waals surface area contributed by atoms with Gasteiger partial charge in [-0.1, -0.05) is 6.07 Å². The van der Waals surface area contributed by atoms with Gasteiger partial charge in [-0.25, -0.2) is 9.97 Å². The van der Waals surface area contributed by atoms with Crippen molar-refractivity contribution in [3.63, 3.8) is 0 Å². The van der Waals surface area contributed by atoms with E-state index < -0.39 is 5.95 Å². The zero-order valence-corrected chi connectivity index (χ0v) is 14.8. The summed E-state index contributed by atoms with van der Waals surface area (Å²) >= 11 is 0. The molecule has 0 bridgehead atoms. The quantitative estimate of drug-likeness (QED) is 0.690. The number of carbonyl (C=O) groups excluding carboxylic acids is 1. The van der Waals surface area contributed by atoms with Crippen molar-refractivity contribution in [1.82, 2.24) is 25.1 Å². The standard InChI is InChI=1S/C19H19FN6O/c1-11-12(2-5-17(20)24-11)9-26-10-13(8-23-26)19(27)25-16-4-3-15-14(16)6-7-22-18(15)21/h2,5-8,10,16H,3-4,9H2,1H3,(H2,21,22)(H,25,27). The fraction of sp³-hybridized carbons (Fsp3) is 0.263. The summed E-state index contributed by atoms with van der Waals surface area (Å²) < 4.78 is 14.8. The lowest BCUT2D eigenvalue weighted by molar-refractivity contribution is 0.0936. The highest BCUT2D eigenvalue weighted by Crippen LogP contribution is 2.33. The van der Waals surface area contributed by atoms with Crippen LogP contribution in [0.1, 0.15) is 45.2 Å². The maximum absolute atomic E-state index is 13.1. The number of amides is 1. The van der Waals surface area contributed by atoms with E-state index in [2.05, 4.69) is 20.4 Å². The molecule has 0 saturated heterocycles. The second-order valence-corrected chi connectivity index (χ2v) is 6.63. The molecule has 0 saturated carbocycles. The minimum atomic E-state index is -0.510. The number of anilines is 1. The molecule has 1 atom stereocenters. The van der Waals surface area contributed by atoms with Gasteiger partial charge in [0.05, 0.1) is 24.3 Å². The highest BCUT2D eigenvalue weighted by Gasteiger charge is 2.26. The van der Waals surface area contributed by atoms with Crippen molar-refractivity contribution in [2.24, 2.45) is 0 Å². The molecular formula is C19H19FN6O. The van der Waals surface area contributed by atoms with Crippen molar-refractivity contribution in [2.45, 2.75) is 32.4 Å². The molecule has 1 aliphatic rings. The van der Waals surface area contributed by atoms with Crippen LogP contribution in [0.25, 0.3) is 0 Å². The van der Waals surface area contributed by atoms with Gasteiger partial charge in [-0.3, -0.25) is 9.48 Å². The molecule has 0 spiro atoms. The average molecular weight is 366 g/mol. The van der Waals surface area contributed by atoms with E-state index in [1.165, 1.54) is 12.3 Å². The third kappa shape index (κ3) is 3.38. The number of nitrogen functional groups attached to an aromatic ring is 1. The smallest absolute Gasteiger partial charge is 0.254 e. The highest BCUT2D eigenvalue weighted by molar-refractivity contribution is 5.94. The largest absolute Gasteiger partial charge is 0.383 e. The number of aryl methyl sites for hydroxylation is 1. The van der Waals surface area contributed by atoms with E-state index in [4.69, 9.17) is 5.73 Å². The number of hydrogen-bond acceptors (Lipinski definition) is 5. The Labute approximate surface area is 155 Å². The first-order valence-electron chi connectivity index (χ1n) is 8.70. The third-order valence-corrected chi connectivity index (χ3v) is 4.88. The van der Waals surface area contributed by atoms with Crippen LogP contribution in [0.4, 0.5) is 10.2 Å². The maximum Gasteiger partial charge on any atom is 0.254 e. The number of halogens is 1. The SMILES string of the molecule is Cc1nc(F)ccc1Cn1cc(C(=O)NC2CCc3c2ccnc3N)cn1. The second-order valence-electron chi connectivity index (χ2n) is 6.63. The molecule has 7 nitrogen and oxygen atoms in total. The minimum Gasteiger partial charge on any atom is -0.383 e.